The largest absolute Gasteiger partial charge is 0.502 e. The first kappa shape index (κ1) is 19.4. The summed E-state index contributed by atoms with van der Waals surface area (Å²) in [4.78, 5) is 0. The number of hydrogen-bond donors (Lipinski definition) is 1. The lowest BCUT2D eigenvalue weighted by Crippen LogP contribution is -2.47. The van der Waals surface area contributed by atoms with Crippen molar-refractivity contribution in [2.75, 3.05) is 19.8 Å². The average molecular weight is 309 g/mol. The van der Waals surface area contributed by atoms with Crippen molar-refractivity contribution in [2.24, 2.45) is 0 Å². The van der Waals surface area contributed by atoms with Gasteiger partial charge in [-0.2, -0.15) is 12.6 Å². The second-order valence-electron chi connectivity index (χ2n) is 4.69. The molecule has 5 heteroatoms. The lowest BCUT2D eigenvalue weighted by molar-refractivity contribution is 0.0711. The van der Waals surface area contributed by atoms with Crippen molar-refractivity contribution in [1.82, 2.24) is 0 Å². The summed E-state index contributed by atoms with van der Waals surface area (Å²) in [6, 6.07) is 0.817. The molecule has 0 rings (SSSR count). The second-order valence-corrected chi connectivity index (χ2v) is 8.06. The molecule has 116 valence electrons. The predicted molar refractivity (Wildman–Crippen MR) is 87.0 cm³/mol. The molecule has 0 heterocycles. The SMILES string of the molecule is CCCCCCC(S)C[Si](OCC)(OCC)OCC. The van der Waals surface area contributed by atoms with Crippen LogP contribution < -0.4 is 0 Å². The molecule has 0 aromatic heterocycles. The van der Waals surface area contributed by atoms with Crippen LogP contribution in [0.15, 0.2) is 0 Å². The Kier molecular flexibility index (Phi) is 12.5. The van der Waals surface area contributed by atoms with Crippen LogP contribution in [0, 0.1) is 0 Å². The summed E-state index contributed by atoms with van der Waals surface area (Å²) in [5, 5.41) is 0.313. The van der Waals surface area contributed by atoms with Gasteiger partial charge in [0.25, 0.3) is 0 Å². The van der Waals surface area contributed by atoms with Crippen molar-refractivity contribution in [3.8, 4) is 0 Å². The van der Waals surface area contributed by atoms with E-state index in [-0.39, 0.29) is 0 Å². The van der Waals surface area contributed by atoms with Crippen LogP contribution in [0.1, 0.15) is 59.8 Å². The molecule has 0 radical (unpaired) electrons. The summed E-state index contributed by atoms with van der Waals surface area (Å²) in [5.41, 5.74) is 0. The Morgan fingerprint density at radius 2 is 1.37 bits per heavy atom. The average Bonchev–Trinajstić information content (AvgIpc) is 2.35. The minimum Gasteiger partial charge on any atom is -0.374 e. The second kappa shape index (κ2) is 12.2. The first-order valence-corrected chi connectivity index (χ1v) is 10.2. The van der Waals surface area contributed by atoms with Crippen molar-refractivity contribution in [3.05, 3.63) is 0 Å². The Morgan fingerprint density at radius 3 is 1.79 bits per heavy atom. The van der Waals surface area contributed by atoms with Gasteiger partial charge >= 0.3 is 8.80 Å². The first-order chi connectivity index (χ1) is 9.14. The Hall–Kier alpha value is 0.447. The smallest absolute Gasteiger partial charge is 0.374 e. The predicted octanol–water partition coefficient (Wildman–Crippen LogP) is 4.30. The molecule has 0 aromatic rings. The summed E-state index contributed by atoms with van der Waals surface area (Å²) in [6.45, 7) is 10.1. The van der Waals surface area contributed by atoms with Crippen molar-refractivity contribution < 1.29 is 13.3 Å². The molecule has 0 aliphatic rings. The van der Waals surface area contributed by atoms with Crippen LogP contribution >= 0.6 is 12.6 Å². The maximum absolute atomic E-state index is 5.85. The van der Waals surface area contributed by atoms with Crippen LogP contribution in [-0.2, 0) is 13.3 Å². The van der Waals surface area contributed by atoms with Gasteiger partial charge in [0.2, 0.25) is 0 Å². The fraction of sp³-hybridized carbons (Fsp3) is 1.00. The summed E-state index contributed by atoms with van der Waals surface area (Å²) in [6.07, 6.45) is 6.22. The van der Waals surface area contributed by atoms with Gasteiger partial charge in [0, 0.05) is 31.1 Å². The molecule has 0 fully saturated rings. The zero-order valence-corrected chi connectivity index (χ0v) is 15.0. The van der Waals surface area contributed by atoms with Crippen molar-refractivity contribution in [3.63, 3.8) is 0 Å². The molecule has 0 aliphatic heterocycles. The third kappa shape index (κ3) is 9.08. The van der Waals surface area contributed by atoms with E-state index in [1.807, 2.05) is 20.8 Å². The number of unbranched alkanes of at least 4 members (excludes halogenated alkanes) is 3. The zero-order chi connectivity index (χ0) is 14.6. The Labute approximate surface area is 126 Å². The van der Waals surface area contributed by atoms with Crippen LogP contribution in [0.4, 0.5) is 0 Å². The van der Waals surface area contributed by atoms with Crippen molar-refractivity contribution >= 4 is 21.4 Å². The van der Waals surface area contributed by atoms with Crippen LogP contribution in [0.25, 0.3) is 0 Å². The molecule has 0 saturated heterocycles. The van der Waals surface area contributed by atoms with Gasteiger partial charge in [-0.05, 0) is 27.2 Å². The van der Waals surface area contributed by atoms with Gasteiger partial charge in [0.1, 0.15) is 0 Å². The van der Waals surface area contributed by atoms with Crippen LogP contribution in [0.5, 0.6) is 0 Å². The van der Waals surface area contributed by atoms with E-state index in [4.69, 9.17) is 25.9 Å². The first-order valence-electron chi connectivity index (χ1n) is 7.74. The van der Waals surface area contributed by atoms with Gasteiger partial charge in [-0.25, -0.2) is 0 Å². The molecule has 3 nitrogen and oxygen atoms in total. The third-order valence-electron chi connectivity index (χ3n) is 2.97. The third-order valence-corrected chi connectivity index (χ3v) is 6.93. The van der Waals surface area contributed by atoms with Gasteiger partial charge in [-0.1, -0.05) is 32.6 Å². The summed E-state index contributed by atoms with van der Waals surface area (Å²) in [7, 11) is -2.50. The molecule has 1 atom stereocenters. The standard InChI is InChI=1S/C14H32O3SSi/c1-5-9-10-11-12-14(18)13-19(15-6-2,16-7-3)17-8-4/h14,18H,5-13H2,1-4H3. The molecule has 1 unspecified atom stereocenters. The fourth-order valence-electron chi connectivity index (χ4n) is 2.16. The molecule has 0 N–H and O–H groups in total. The fourth-order valence-corrected chi connectivity index (χ4v) is 5.72. The Morgan fingerprint density at radius 1 is 0.842 bits per heavy atom. The lowest BCUT2D eigenvalue weighted by atomic mass is 10.1. The van der Waals surface area contributed by atoms with E-state index in [1.165, 1.54) is 25.7 Å². The van der Waals surface area contributed by atoms with E-state index in [1.54, 1.807) is 0 Å². The highest BCUT2D eigenvalue weighted by Crippen LogP contribution is 2.24. The van der Waals surface area contributed by atoms with Crippen LogP contribution in [-0.4, -0.2) is 33.9 Å². The molecular weight excluding hydrogens is 276 g/mol. The summed E-state index contributed by atoms with van der Waals surface area (Å²) < 4.78 is 17.6. The molecule has 0 bridgehead atoms. The van der Waals surface area contributed by atoms with E-state index < -0.39 is 8.80 Å². The number of thiol groups is 1. The van der Waals surface area contributed by atoms with Crippen LogP contribution in [0.2, 0.25) is 6.04 Å². The van der Waals surface area contributed by atoms with Gasteiger partial charge in [-0.3, -0.25) is 0 Å². The zero-order valence-electron chi connectivity index (χ0n) is 13.1. The molecular formula is C14H32O3SSi. The quantitative estimate of drug-likeness (QED) is 0.312. The molecule has 0 aliphatic carbocycles. The van der Waals surface area contributed by atoms with E-state index in [2.05, 4.69) is 6.92 Å². The number of rotatable bonds is 13. The molecule has 0 amide bonds. The van der Waals surface area contributed by atoms with Gasteiger partial charge < -0.3 is 13.3 Å². The highest BCUT2D eigenvalue weighted by molar-refractivity contribution is 7.81. The van der Waals surface area contributed by atoms with E-state index in [0.717, 1.165) is 12.5 Å². The van der Waals surface area contributed by atoms with Crippen molar-refractivity contribution in [2.45, 2.75) is 71.1 Å². The van der Waals surface area contributed by atoms with Gasteiger partial charge in [-0.15, -0.1) is 0 Å². The normalized spacial score (nSPS) is 13.7. The highest BCUT2D eigenvalue weighted by atomic mass is 32.1. The maximum atomic E-state index is 5.85. The molecule has 0 aromatic carbocycles. The monoisotopic (exact) mass is 308 g/mol. The molecule has 19 heavy (non-hydrogen) atoms. The topological polar surface area (TPSA) is 27.7 Å². The maximum Gasteiger partial charge on any atom is 0.502 e. The molecule has 0 spiro atoms. The van der Waals surface area contributed by atoms with Gasteiger partial charge in [0.15, 0.2) is 0 Å². The Bertz CT molecular complexity index is 188. The summed E-state index contributed by atoms with van der Waals surface area (Å²) in [5.74, 6) is 0. The lowest BCUT2D eigenvalue weighted by Gasteiger charge is -2.30. The molecule has 0 saturated carbocycles. The highest BCUT2D eigenvalue weighted by Gasteiger charge is 2.41. The van der Waals surface area contributed by atoms with E-state index in [9.17, 15) is 0 Å². The van der Waals surface area contributed by atoms with E-state index >= 15 is 0 Å². The number of hydrogen-bond acceptors (Lipinski definition) is 4. The summed E-state index contributed by atoms with van der Waals surface area (Å²) >= 11 is 4.70. The minimum atomic E-state index is -2.50. The Balaban J connectivity index is 4.26. The van der Waals surface area contributed by atoms with Gasteiger partial charge in [0.05, 0.1) is 0 Å². The van der Waals surface area contributed by atoms with Crippen molar-refractivity contribution in [1.29, 1.82) is 0 Å². The minimum absolute atomic E-state index is 0.313. The van der Waals surface area contributed by atoms with Crippen LogP contribution in [0.3, 0.4) is 0 Å². The van der Waals surface area contributed by atoms with E-state index in [0.29, 0.717) is 25.1 Å².